The molecule has 0 spiro atoms. The Kier molecular flexibility index (Phi) is 5.07. The fourth-order valence-electron chi connectivity index (χ4n) is 2.09. The molecule has 24 heavy (non-hydrogen) atoms. The van der Waals surface area contributed by atoms with Gasteiger partial charge in [0.25, 0.3) is 0 Å². The highest BCUT2D eigenvalue weighted by Gasteiger charge is 2.37. The first-order valence-corrected chi connectivity index (χ1v) is 12.7. The molecule has 3 rings (SSSR count). The van der Waals surface area contributed by atoms with Gasteiger partial charge in [0.2, 0.25) is 0 Å². The van der Waals surface area contributed by atoms with Crippen molar-refractivity contribution in [2.24, 2.45) is 0 Å². The summed E-state index contributed by atoms with van der Waals surface area (Å²) in [6, 6.07) is 4.21. The van der Waals surface area contributed by atoms with Crippen molar-refractivity contribution in [3.8, 4) is 11.5 Å². The molecule has 0 atom stereocenters. The van der Waals surface area contributed by atoms with Gasteiger partial charge in [0.1, 0.15) is 16.0 Å². The van der Waals surface area contributed by atoms with Crippen LogP contribution in [0, 0.1) is 0 Å². The van der Waals surface area contributed by atoms with Gasteiger partial charge in [-0.15, -0.1) is 0 Å². The monoisotopic (exact) mass is 412 g/mol. The smallest absolute Gasteiger partial charge is 0.192 e. The van der Waals surface area contributed by atoms with Crippen LogP contribution in [0.2, 0.25) is 18.1 Å². The summed E-state index contributed by atoms with van der Waals surface area (Å²) in [6.07, 6.45) is 5.33. The van der Waals surface area contributed by atoms with Crippen LogP contribution in [0.5, 0.6) is 11.5 Å². The molecule has 0 aliphatic heterocycles. The molecule has 0 aromatic heterocycles. The van der Waals surface area contributed by atoms with Gasteiger partial charge >= 0.3 is 0 Å². The van der Waals surface area contributed by atoms with E-state index in [2.05, 4.69) is 61.9 Å². The Morgan fingerprint density at radius 3 is 1.83 bits per heavy atom. The van der Waals surface area contributed by atoms with E-state index < -0.39 is 8.32 Å². The molecule has 0 bridgehead atoms. The zero-order valence-electron chi connectivity index (χ0n) is 15.4. The summed E-state index contributed by atoms with van der Waals surface area (Å²) < 4.78 is 19.5. The lowest BCUT2D eigenvalue weighted by Crippen LogP contribution is -2.40. The highest BCUT2D eigenvalue weighted by Crippen LogP contribution is 2.42. The Labute approximate surface area is 155 Å². The van der Waals surface area contributed by atoms with E-state index in [0.717, 1.165) is 47.2 Å². The van der Waals surface area contributed by atoms with Crippen molar-refractivity contribution in [1.29, 1.82) is 0 Å². The van der Waals surface area contributed by atoms with Crippen LogP contribution < -0.4 is 9.47 Å². The Hall–Kier alpha value is -0.523. The fourth-order valence-corrected chi connectivity index (χ4v) is 3.47. The van der Waals surface area contributed by atoms with Crippen molar-refractivity contribution in [1.82, 2.24) is 0 Å². The molecule has 2 fully saturated rings. The number of halogens is 1. The second-order valence-electron chi connectivity index (χ2n) is 8.59. The number of rotatable bonds is 7. The summed E-state index contributed by atoms with van der Waals surface area (Å²) in [6.45, 7) is 12.0. The minimum atomic E-state index is -1.77. The minimum Gasteiger partial charge on any atom is -0.489 e. The van der Waals surface area contributed by atoms with E-state index >= 15 is 0 Å². The van der Waals surface area contributed by atoms with E-state index in [1.54, 1.807) is 0 Å². The van der Waals surface area contributed by atoms with E-state index in [-0.39, 0.29) is 5.04 Å². The van der Waals surface area contributed by atoms with Crippen molar-refractivity contribution in [3.63, 3.8) is 0 Å². The van der Waals surface area contributed by atoms with Crippen LogP contribution in [-0.2, 0) is 11.0 Å². The number of benzene rings is 1. The average Bonchev–Trinajstić information content (AvgIpc) is 3.35. The third-order valence-corrected chi connectivity index (χ3v) is 10.4. The van der Waals surface area contributed by atoms with Gasteiger partial charge in [0, 0.05) is 0 Å². The first kappa shape index (κ1) is 18.3. The molecule has 0 amide bonds. The van der Waals surface area contributed by atoms with Crippen LogP contribution in [0.1, 0.15) is 52.0 Å². The van der Waals surface area contributed by atoms with Crippen molar-refractivity contribution >= 4 is 24.2 Å². The van der Waals surface area contributed by atoms with Gasteiger partial charge in [-0.05, 0) is 77.4 Å². The van der Waals surface area contributed by atoms with Crippen LogP contribution in [0.25, 0.3) is 0 Å². The zero-order valence-corrected chi connectivity index (χ0v) is 18.0. The second kappa shape index (κ2) is 6.65. The lowest BCUT2D eigenvalue weighted by molar-refractivity contribution is 0.266. The van der Waals surface area contributed by atoms with E-state index in [1.165, 1.54) is 0 Å². The topological polar surface area (TPSA) is 27.7 Å². The maximum absolute atomic E-state index is 6.38. The first-order valence-electron chi connectivity index (χ1n) is 8.95. The van der Waals surface area contributed by atoms with Crippen molar-refractivity contribution in [2.45, 2.75) is 83.4 Å². The number of hydrogen-bond donors (Lipinski definition) is 0. The van der Waals surface area contributed by atoms with Gasteiger partial charge in [-0.2, -0.15) is 0 Å². The molecule has 0 saturated heterocycles. The molecule has 5 heteroatoms. The van der Waals surface area contributed by atoms with Gasteiger partial charge in [0.05, 0.1) is 18.8 Å². The van der Waals surface area contributed by atoms with E-state index in [0.29, 0.717) is 18.8 Å². The van der Waals surface area contributed by atoms with Gasteiger partial charge in [-0.3, -0.25) is 0 Å². The highest BCUT2D eigenvalue weighted by molar-refractivity contribution is 9.10. The zero-order chi connectivity index (χ0) is 17.5. The van der Waals surface area contributed by atoms with Crippen LogP contribution in [0.3, 0.4) is 0 Å². The molecule has 2 aliphatic carbocycles. The standard InChI is InChI=1S/C19H29BrO3Si/c1-19(2,3)24(4,5)21-12-13-10-16(22-14-6-7-14)18(20)17(11-13)23-15-8-9-15/h10-11,14-15H,6-9,12H2,1-5H3. The second-order valence-corrected chi connectivity index (χ2v) is 14.2. The van der Waals surface area contributed by atoms with Gasteiger partial charge < -0.3 is 13.9 Å². The van der Waals surface area contributed by atoms with Crippen LogP contribution in [-0.4, -0.2) is 20.5 Å². The van der Waals surface area contributed by atoms with Crippen LogP contribution in [0.15, 0.2) is 16.6 Å². The molecule has 0 N–H and O–H groups in total. The maximum Gasteiger partial charge on any atom is 0.192 e. The molecule has 0 heterocycles. The minimum absolute atomic E-state index is 0.211. The van der Waals surface area contributed by atoms with Crippen molar-refractivity contribution in [2.75, 3.05) is 0 Å². The molecular weight excluding hydrogens is 384 g/mol. The molecule has 2 aliphatic rings. The predicted molar refractivity (Wildman–Crippen MR) is 103 cm³/mol. The highest BCUT2D eigenvalue weighted by atomic mass is 79.9. The molecule has 1 aromatic rings. The Morgan fingerprint density at radius 1 is 1.00 bits per heavy atom. The summed E-state index contributed by atoms with van der Waals surface area (Å²) in [7, 11) is -1.77. The lowest BCUT2D eigenvalue weighted by Gasteiger charge is -2.36. The molecule has 134 valence electrons. The van der Waals surface area contributed by atoms with Gasteiger partial charge in [-0.25, -0.2) is 0 Å². The summed E-state index contributed by atoms with van der Waals surface area (Å²) in [5, 5.41) is 0.211. The largest absolute Gasteiger partial charge is 0.489 e. The SMILES string of the molecule is CC(C)(C)[Si](C)(C)OCc1cc(OC2CC2)c(Br)c(OC2CC2)c1. The Morgan fingerprint density at radius 2 is 1.46 bits per heavy atom. The average molecular weight is 413 g/mol. The summed E-state index contributed by atoms with van der Waals surface area (Å²) >= 11 is 3.67. The lowest BCUT2D eigenvalue weighted by atomic mass is 10.2. The van der Waals surface area contributed by atoms with Crippen molar-refractivity contribution in [3.05, 3.63) is 22.2 Å². The molecule has 0 unspecified atom stereocenters. The fraction of sp³-hybridized carbons (Fsp3) is 0.684. The van der Waals surface area contributed by atoms with Gasteiger partial charge in [0.15, 0.2) is 8.32 Å². The first-order chi connectivity index (χ1) is 11.2. The summed E-state index contributed by atoms with van der Waals surface area (Å²) in [5.74, 6) is 1.79. The number of hydrogen-bond acceptors (Lipinski definition) is 3. The van der Waals surface area contributed by atoms with Crippen molar-refractivity contribution < 1.29 is 13.9 Å². The molecule has 3 nitrogen and oxygen atoms in total. The third-order valence-electron chi connectivity index (χ3n) is 5.11. The molecule has 2 saturated carbocycles. The molecular formula is C19H29BrO3Si. The quantitative estimate of drug-likeness (QED) is 0.509. The molecule has 0 radical (unpaired) electrons. The summed E-state index contributed by atoms with van der Waals surface area (Å²) in [4.78, 5) is 0. The van der Waals surface area contributed by atoms with Gasteiger partial charge in [-0.1, -0.05) is 20.8 Å². The normalized spacial score (nSPS) is 18.6. The number of ether oxygens (including phenoxy) is 2. The van der Waals surface area contributed by atoms with E-state index in [9.17, 15) is 0 Å². The maximum atomic E-state index is 6.38. The van der Waals surface area contributed by atoms with E-state index in [1.807, 2.05) is 0 Å². The Balaban J connectivity index is 1.77. The van der Waals surface area contributed by atoms with E-state index in [4.69, 9.17) is 13.9 Å². The predicted octanol–water partition coefficient (Wildman–Crippen LogP) is 6.05. The van der Waals surface area contributed by atoms with Crippen LogP contribution in [0.4, 0.5) is 0 Å². The molecule has 1 aromatic carbocycles. The Bertz CT molecular complexity index is 566. The summed E-state index contributed by atoms with van der Waals surface area (Å²) in [5.41, 5.74) is 1.13. The third kappa shape index (κ3) is 4.55. The van der Waals surface area contributed by atoms with Crippen LogP contribution >= 0.6 is 15.9 Å².